The van der Waals surface area contributed by atoms with Crippen molar-refractivity contribution in [2.45, 2.75) is 37.7 Å². The molecule has 1 fully saturated rings. The van der Waals surface area contributed by atoms with Crippen molar-refractivity contribution in [3.8, 4) is 23.0 Å². The van der Waals surface area contributed by atoms with Crippen LogP contribution >= 0.6 is 22.6 Å². The first-order chi connectivity index (χ1) is 16.0. The van der Waals surface area contributed by atoms with Crippen LogP contribution in [0.15, 0.2) is 72.8 Å². The third-order valence-electron chi connectivity index (χ3n) is 7.50. The number of hydrogen-bond acceptors (Lipinski definition) is 1. The summed E-state index contributed by atoms with van der Waals surface area (Å²) in [5, 5.41) is 11.8. The van der Waals surface area contributed by atoms with Gasteiger partial charge in [-0.25, -0.2) is 0 Å². The van der Waals surface area contributed by atoms with Gasteiger partial charge in [0.15, 0.2) is 0 Å². The van der Waals surface area contributed by atoms with E-state index in [-0.39, 0.29) is 0 Å². The first kappa shape index (κ1) is 22.7. The topological polar surface area (TPSA) is 20.2 Å². The molecule has 33 heavy (non-hydrogen) atoms. The maximum Gasteiger partial charge on any atom is 0.140 e. The fourth-order valence-electron chi connectivity index (χ4n) is 5.92. The summed E-state index contributed by atoms with van der Waals surface area (Å²) < 4.78 is 2.39. The Balaban J connectivity index is 1.35. The van der Waals surface area contributed by atoms with Gasteiger partial charge in [-0.15, -0.1) is 0 Å². The van der Waals surface area contributed by atoms with Gasteiger partial charge in [0.2, 0.25) is 0 Å². The van der Waals surface area contributed by atoms with Gasteiger partial charge in [0.1, 0.15) is 12.1 Å². The number of fused-ring (bicyclic) bond motifs is 3. The third kappa shape index (κ3) is 4.25. The van der Waals surface area contributed by atoms with E-state index >= 15 is 0 Å². The molecule has 2 nitrogen and oxygen atoms in total. The van der Waals surface area contributed by atoms with Gasteiger partial charge in [0, 0.05) is 22.3 Å². The molecular weight excluding hydrogens is 517 g/mol. The highest BCUT2D eigenvalue weighted by atomic mass is 127. The summed E-state index contributed by atoms with van der Waals surface area (Å²) in [4.78, 5) is 0. The lowest BCUT2D eigenvalue weighted by molar-refractivity contribution is -0.910. The molecule has 1 saturated heterocycles. The van der Waals surface area contributed by atoms with Crippen molar-refractivity contribution in [3.05, 3.63) is 93.1 Å². The fraction of sp³-hybridized carbons (Fsp3) is 0.333. The number of rotatable bonds is 5. The highest BCUT2D eigenvalue weighted by molar-refractivity contribution is 14.1. The minimum Gasteiger partial charge on any atom is -0.379 e. The second kappa shape index (κ2) is 9.25. The van der Waals surface area contributed by atoms with Crippen LogP contribution in [0.4, 0.5) is 0 Å². The zero-order chi connectivity index (χ0) is 22.9. The van der Waals surface area contributed by atoms with Gasteiger partial charge in [-0.1, -0.05) is 73.5 Å². The van der Waals surface area contributed by atoms with Gasteiger partial charge in [0.05, 0.1) is 19.6 Å². The van der Waals surface area contributed by atoms with Gasteiger partial charge < -0.3 is 9.59 Å². The van der Waals surface area contributed by atoms with Crippen molar-refractivity contribution in [1.29, 1.82) is 0 Å². The average Bonchev–Trinajstić information content (AvgIpc) is 3.36. The van der Waals surface area contributed by atoms with E-state index in [0.29, 0.717) is 12.3 Å². The molecule has 3 heteroatoms. The predicted octanol–water partition coefficient (Wildman–Crippen LogP) is 6.32. The SMILES string of the molecule is CCC[N+]1(CC#CCC2(O)c3ccccc3-c3ccccc32)CCC(c2cccc(I)c2)C1. The fourth-order valence-corrected chi connectivity index (χ4v) is 6.49. The molecule has 2 aliphatic rings. The van der Waals surface area contributed by atoms with Crippen LogP contribution in [0, 0.1) is 15.4 Å². The zero-order valence-corrected chi connectivity index (χ0v) is 21.4. The minimum atomic E-state index is -1.02. The molecule has 0 aromatic heterocycles. The molecule has 1 N–H and O–H groups in total. The summed E-state index contributed by atoms with van der Waals surface area (Å²) in [5.41, 5.74) is 4.68. The third-order valence-corrected chi connectivity index (χ3v) is 8.17. The van der Waals surface area contributed by atoms with E-state index in [0.717, 1.165) is 33.3 Å². The number of benzene rings is 3. The van der Waals surface area contributed by atoms with Gasteiger partial charge in [-0.05, 0) is 74.9 Å². The Labute approximate surface area is 211 Å². The van der Waals surface area contributed by atoms with Crippen molar-refractivity contribution in [3.63, 3.8) is 0 Å². The van der Waals surface area contributed by atoms with Crippen LogP contribution < -0.4 is 0 Å². The Morgan fingerprint density at radius 1 is 0.970 bits per heavy atom. The molecule has 1 aliphatic heterocycles. The molecule has 3 aromatic rings. The van der Waals surface area contributed by atoms with Crippen molar-refractivity contribution in [2.75, 3.05) is 26.2 Å². The van der Waals surface area contributed by atoms with E-state index in [2.05, 4.69) is 89.9 Å². The Bertz CT molecular complexity index is 1180. The highest BCUT2D eigenvalue weighted by Gasteiger charge is 2.41. The molecule has 2 atom stereocenters. The van der Waals surface area contributed by atoms with E-state index in [1.807, 2.05) is 24.3 Å². The number of nitrogens with zero attached hydrogens (tertiary/aromatic N) is 1. The number of quaternary nitrogens is 1. The predicted molar refractivity (Wildman–Crippen MR) is 144 cm³/mol. The number of likely N-dealkylation sites (tertiary alicyclic amines) is 1. The van der Waals surface area contributed by atoms with Crippen molar-refractivity contribution < 1.29 is 9.59 Å². The Hall–Kier alpha value is -2.13. The maximum absolute atomic E-state index is 11.8. The second-order valence-corrected chi connectivity index (χ2v) is 10.9. The molecule has 3 aromatic carbocycles. The van der Waals surface area contributed by atoms with Crippen LogP contribution in [-0.2, 0) is 5.60 Å². The number of halogens is 1. The summed E-state index contributed by atoms with van der Waals surface area (Å²) in [5.74, 6) is 7.53. The summed E-state index contributed by atoms with van der Waals surface area (Å²) >= 11 is 2.41. The van der Waals surface area contributed by atoms with E-state index in [9.17, 15) is 5.11 Å². The van der Waals surface area contributed by atoms with Crippen molar-refractivity contribution in [2.24, 2.45) is 0 Å². The van der Waals surface area contributed by atoms with Crippen LogP contribution in [0.2, 0.25) is 0 Å². The molecule has 0 amide bonds. The first-order valence-electron chi connectivity index (χ1n) is 12.0. The van der Waals surface area contributed by atoms with Crippen LogP contribution in [0.25, 0.3) is 11.1 Å². The standard InChI is InChI=1S/C30H31INO/c1-2-18-32(20-16-24(22-32)23-10-9-11-25(31)21-23)19-8-7-17-30(33)28-14-5-3-12-26(28)27-13-4-6-15-29(27)30/h3-6,9-15,21,24,33H,2,16-20,22H2,1H3/q+1. The largest absolute Gasteiger partial charge is 0.379 e. The van der Waals surface area contributed by atoms with E-state index in [4.69, 9.17) is 0 Å². The molecule has 0 bridgehead atoms. The lowest BCUT2D eigenvalue weighted by Crippen LogP contribution is -2.46. The Morgan fingerprint density at radius 3 is 2.33 bits per heavy atom. The summed E-state index contributed by atoms with van der Waals surface area (Å²) in [6.45, 7) is 6.67. The minimum absolute atomic E-state index is 0.438. The van der Waals surface area contributed by atoms with Crippen molar-refractivity contribution >= 4 is 22.6 Å². The second-order valence-electron chi connectivity index (χ2n) is 9.65. The van der Waals surface area contributed by atoms with Crippen LogP contribution in [-0.4, -0.2) is 35.8 Å². The molecule has 1 heterocycles. The Morgan fingerprint density at radius 2 is 1.67 bits per heavy atom. The normalized spacial score (nSPS) is 22.3. The monoisotopic (exact) mass is 548 g/mol. The van der Waals surface area contributed by atoms with Gasteiger partial charge in [-0.3, -0.25) is 0 Å². The molecule has 1 aliphatic carbocycles. The number of hydrogen-bond donors (Lipinski definition) is 1. The van der Waals surface area contributed by atoms with E-state index in [1.165, 1.54) is 41.6 Å². The van der Waals surface area contributed by atoms with Crippen LogP contribution in [0.1, 0.15) is 48.8 Å². The molecule has 0 radical (unpaired) electrons. The highest BCUT2D eigenvalue weighted by Crippen LogP contribution is 2.48. The molecule has 0 saturated carbocycles. The van der Waals surface area contributed by atoms with Crippen molar-refractivity contribution in [1.82, 2.24) is 0 Å². The van der Waals surface area contributed by atoms with E-state index in [1.54, 1.807) is 0 Å². The quantitative estimate of drug-likeness (QED) is 0.225. The summed E-state index contributed by atoms with van der Waals surface area (Å²) in [6.07, 6.45) is 2.84. The first-order valence-corrected chi connectivity index (χ1v) is 13.1. The molecule has 5 rings (SSSR count). The molecule has 2 unspecified atom stereocenters. The molecular formula is C30H31INO+. The van der Waals surface area contributed by atoms with Crippen LogP contribution in [0.5, 0.6) is 0 Å². The summed E-state index contributed by atoms with van der Waals surface area (Å²) in [7, 11) is 0. The van der Waals surface area contributed by atoms with Gasteiger partial charge in [0.25, 0.3) is 0 Å². The lowest BCUT2D eigenvalue weighted by atomic mass is 9.88. The number of aliphatic hydroxyl groups is 1. The van der Waals surface area contributed by atoms with E-state index < -0.39 is 5.60 Å². The van der Waals surface area contributed by atoms with Gasteiger partial charge in [-0.2, -0.15) is 0 Å². The average molecular weight is 548 g/mol. The lowest BCUT2D eigenvalue weighted by Gasteiger charge is -2.32. The Kier molecular flexibility index (Phi) is 6.35. The molecule has 0 spiro atoms. The zero-order valence-electron chi connectivity index (χ0n) is 19.2. The smallest absolute Gasteiger partial charge is 0.140 e. The maximum atomic E-state index is 11.8. The van der Waals surface area contributed by atoms with Crippen LogP contribution in [0.3, 0.4) is 0 Å². The molecule has 168 valence electrons. The summed E-state index contributed by atoms with van der Waals surface area (Å²) in [6, 6.07) is 25.4. The van der Waals surface area contributed by atoms with Gasteiger partial charge >= 0.3 is 0 Å².